The van der Waals surface area contributed by atoms with Gasteiger partial charge in [-0.15, -0.1) is 6.58 Å². The molecule has 1 amide bonds. The van der Waals surface area contributed by atoms with Gasteiger partial charge in [0.25, 0.3) is 0 Å². The van der Waals surface area contributed by atoms with Gasteiger partial charge in [0, 0.05) is 36.4 Å². The lowest BCUT2D eigenvalue weighted by molar-refractivity contribution is -0.120. The average Bonchev–Trinajstić information content (AvgIpc) is 2.97. The van der Waals surface area contributed by atoms with E-state index in [1.54, 1.807) is 18.5 Å². The van der Waals surface area contributed by atoms with Crippen molar-refractivity contribution in [2.75, 3.05) is 6.54 Å². The van der Waals surface area contributed by atoms with Crippen molar-refractivity contribution in [1.82, 2.24) is 15.3 Å². The quantitative estimate of drug-likeness (QED) is 0.858. The van der Waals surface area contributed by atoms with Crippen molar-refractivity contribution in [3.05, 3.63) is 55.1 Å². The van der Waals surface area contributed by atoms with Gasteiger partial charge in [-0.2, -0.15) is 0 Å². The third kappa shape index (κ3) is 2.98. The molecule has 3 rings (SSSR count). The largest absolute Gasteiger partial charge is 0.487 e. The predicted molar refractivity (Wildman–Crippen MR) is 83.4 cm³/mol. The van der Waals surface area contributed by atoms with E-state index in [1.165, 1.54) is 6.33 Å². The Kier molecular flexibility index (Phi) is 4.14. The third-order valence-corrected chi connectivity index (χ3v) is 3.56. The molecule has 1 atom stereocenters. The van der Waals surface area contributed by atoms with Crippen LogP contribution < -0.4 is 10.1 Å². The first-order chi connectivity index (χ1) is 10.8. The van der Waals surface area contributed by atoms with Gasteiger partial charge in [0.2, 0.25) is 5.91 Å². The van der Waals surface area contributed by atoms with E-state index >= 15 is 0 Å². The van der Waals surface area contributed by atoms with Gasteiger partial charge in [-0.05, 0) is 5.56 Å². The van der Waals surface area contributed by atoms with E-state index < -0.39 is 0 Å². The molecule has 1 N–H and O–H groups in total. The highest BCUT2D eigenvalue weighted by molar-refractivity contribution is 5.77. The van der Waals surface area contributed by atoms with Gasteiger partial charge in [0.05, 0.1) is 6.54 Å². The number of para-hydroxylation sites is 1. The highest BCUT2D eigenvalue weighted by Crippen LogP contribution is 2.38. The predicted octanol–water partition coefficient (Wildman–Crippen LogP) is 2.14. The number of amides is 1. The first-order valence-electron chi connectivity index (χ1n) is 7.19. The van der Waals surface area contributed by atoms with E-state index in [0.717, 1.165) is 28.9 Å². The second-order valence-corrected chi connectivity index (χ2v) is 5.16. The molecule has 2 aromatic rings. The maximum atomic E-state index is 11.5. The van der Waals surface area contributed by atoms with Gasteiger partial charge in [0.1, 0.15) is 18.2 Å². The van der Waals surface area contributed by atoms with Crippen LogP contribution in [0.2, 0.25) is 0 Å². The lowest BCUT2D eigenvalue weighted by atomic mass is 10.0. The Bertz CT molecular complexity index is 686. The van der Waals surface area contributed by atoms with E-state index in [2.05, 4.69) is 21.9 Å². The molecule has 0 aliphatic carbocycles. The Morgan fingerprint density at radius 1 is 1.41 bits per heavy atom. The molecule has 0 spiro atoms. The number of hydrogen-bond donors (Lipinski definition) is 1. The minimum Gasteiger partial charge on any atom is -0.487 e. The summed E-state index contributed by atoms with van der Waals surface area (Å²) in [5, 5.41) is 2.86. The fraction of sp³-hybridized carbons (Fsp3) is 0.235. The lowest BCUT2D eigenvalue weighted by Crippen LogP contribution is -2.34. The fourth-order valence-corrected chi connectivity index (χ4v) is 2.55. The molecule has 0 saturated heterocycles. The molecule has 1 aliphatic heterocycles. The maximum absolute atomic E-state index is 11.5. The van der Waals surface area contributed by atoms with Gasteiger partial charge < -0.3 is 10.1 Å². The van der Waals surface area contributed by atoms with Crippen LogP contribution in [0.25, 0.3) is 11.1 Å². The number of aromatic nitrogens is 2. The van der Waals surface area contributed by atoms with Crippen LogP contribution in [-0.4, -0.2) is 28.5 Å². The standard InChI is InChI=1S/C17H17N3O2/c1-2-4-16(21)20-10-14-7-12-5-3-6-15(17(12)22-14)13-8-18-11-19-9-13/h2-3,5-6,8-9,11,14H,1,4,7,10H2,(H,20,21). The Hall–Kier alpha value is -2.69. The molecule has 1 unspecified atom stereocenters. The van der Waals surface area contributed by atoms with Crippen LogP contribution in [0.1, 0.15) is 12.0 Å². The zero-order valence-corrected chi connectivity index (χ0v) is 12.2. The molecule has 2 heterocycles. The van der Waals surface area contributed by atoms with E-state index in [1.807, 2.05) is 18.2 Å². The normalized spacial score (nSPS) is 15.7. The van der Waals surface area contributed by atoms with Crippen molar-refractivity contribution < 1.29 is 9.53 Å². The summed E-state index contributed by atoms with van der Waals surface area (Å²) in [6.45, 7) is 4.05. The van der Waals surface area contributed by atoms with Crippen LogP contribution >= 0.6 is 0 Å². The summed E-state index contributed by atoms with van der Waals surface area (Å²) >= 11 is 0. The molecule has 0 bridgehead atoms. The van der Waals surface area contributed by atoms with Gasteiger partial charge in [-0.1, -0.05) is 24.3 Å². The summed E-state index contributed by atoms with van der Waals surface area (Å²) in [6, 6.07) is 6.05. The second-order valence-electron chi connectivity index (χ2n) is 5.16. The Labute approximate surface area is 129 Å². The smallest absolute Gasteiger partial charge is 0.223 e. The first kappa shape index (κ1) is 14.3. The highest BCUT2D eigenvalue weighted by atomic mass is 16.5. The molecule has 1 aromatic carbocycles. The van der Waals surface area contributed by atoms with Crippen molar-refractivity contribution in [3.8, 4) is 16.9 Å². The summed E-state index contributed by atoms with van der Waals surface area (Å²) in [6.07, 6.45) is 7.70. The Morgan fingerprint density at radius 3 is 3.00 bits per heavy atom. The van der Waals surface area contributed by atoms with Crippen molar-refractivity contribution in [1.29, 1.82) is 0 Å². The zero-order chi connectivity index (χ0) is 15.4. The summed E-state index contributed by atoms with van der Waals surface area (Å²) in [5.41, 5.74) is 3.05. The molecule has 0 radical (unpaired) electrons. The molecule has 0 fully saturated rings. The molecular weight excluding hydrogens is 278 g/mol. The van der Waals surface area contributed by atoms with Crippen LogP contribution in [0, 0.1) is 0 Å². The first-order valence-corrected chi connectivity index (χ1v) is 7.19. The molecule has 22 heavy (non-hydrogen) atoms. The van der Waals surface area contributed by atoms with E-state index in [9.17, 15) is 4.79 Å². The summed E-state index contributed by atoms with van der Waals surface area (Å²) in [5.74, 6) is 0.825. The van der Waals surface area contributed by atoms with Gasteiger partial charge in [0.15, 0.2) is 0 Å². The summed E-state index contributed by atoms with van der Waals surface area (Å²) < 4.78 is 6.02. The number of rotatable bonds is 5. The van der Waals surface area contributed by atoms with Gasteiger partial charge in [-0.3, -0.25) is 4.79 Å². The number of nitrogens with zero attached hydrogens (tertiary/aromatic N) is 2. The van der Waals surface area contributed by atoms with Crippen molar-refractivity contribution in [2.45, 2.75) is 18.9 Å². The third-order valence-electron chi connectivity index (χ3n) is 3.56. The van der Waals surface area contributed by atoms with Crippen molar-refractivity contribution in [3.63, 3.8) is 0 Å². The molecule has 1 aromatic heterocycles. The number of benzene rings is 1. The van der Waals surface area contributed by atoms with Crippen molar-refractivity contribution >= 4 is 5.91 Å². The number of hydrogen-bond acceptors (Lipinski definition) is 4. The topological polar surface area (TPSA) is 64.1 Å². The second kappa shape index (κ2) is 6.39. The monoisotopic (exact) mass is 295 g/mol. The van der Waals surface area contributed by atoms with E-state index in [0.29, 0.717) is 13.0 Å². The number of fused-ring (bicyclic) bond motifs is 1. The van der Waals surface area contributed by atoms with E-state index in [4.69, 9.17) is 4.74 Å². The Balaban J connectivity index is 1.74. The molecule has 112 valence electrons. The minimum absolute atomic E-state index is 0.0359. The fourth-order valence-electron chi connectivity index (χ4n) is 2.55. The van der Waals surface area contributed by atoms with Crippen LogP contribution in [0.5, 0.6) is 5.75 Å². The zero-order valence-electron chi connectivity index (χ0n) is 12.2. The van der Waals surface area contributed by atoms with Crippen LogP contribution in [0.3, 0.4) is 0 Å². The van der Waals surface area contributed by atoms with E-state index in [-0.39, 0.29) is 12.0 Å². The molecule has 5 nitrogen and oxygen atoms in total. The van der Waals surface area contributed by atoms with Crippen LogP contribution in [0.15, 0.2) is 49.6 Å². The summed E-state index contributed by atoms with van der Waals surface area (Å²) in [7, 11) is 0. The highest BCUT2D eigenvalue weighted by Gasteiger charge is 2.26. The number of carbonyl (C=O) groups excluding carboxylic acids is 1. The van der Waals surface area contributed by atoms with Crippen molar-refractivity contribution in [2.24, 2.45) is 0 Å². The molecule has 0 saturated carbocycles. The van der Waals surface area contributed by atoms with Gasteiger partial charge in [-0.25, -0.2) is 9.97 Å². The lowest BCUT2D eigenvalue weighted by Gasteiger charge is -2.13. The molecule has 5 heteroatoms. The molecule has 1 aliphatic rings. The van der Waals surface area contributed by atoms with Crippen LogP contribution in [0.4, 0.5) is 0 Å². The van der Waals surface area contributed by atoms with Crippen LogP contribution in [-0.2, 0) is 11.2 Å². The average molecular weight is 295 g/mol. The Morgan fingerprint density at radius 2 is 2.23 bits per heavy atom. The minimum atomic E-state index is -0.0467. The molecular formula is C17H17N3O2. The SMILES string of the molecule is C=CCC(=O)NCC1Cc2cccc(-c3cncnc3)c2O1. The maximum Gasteiger partial charge on any atom is 0.223 e. The number of carbonyl (C=O) groups is 1. The van der Waals surface area contributed by atoms with Gasteiger partial charge >= 0.3 is 0 Å². The number of ether oxygens (including phenoxy) is 1. The summed E-state index contributed by atoms with van der Waals surface area (Å²) in [4.78, 5) is 19.6. The number of nitrogens with one attached hydrogen (secondary N) is 1.